The molecule has 0 bridgehead atoms. The Balaban J connectivity index is 1.66. The molecule has 0 saturated carbocycles. The zero-order valence-electron chi connectivity index (χ0n) is 15.1. The van der Waals surface area contributed by atoms with Gasteiger partial charge in [0.15, 0.2) is 11.5 Å². The van der Waals surface area contributed by atoms with Crippen LogP contribution in [0.1, 0.15) is 19.2 Å². The highest BCUT2D eigenvalue weighted by Gasteiger charge is 2.14. The molecule has 1 unspecified atom stereocenters. The lowest BCUT2D eigenvalue weighted by Gasteiger charge is -2.11. The fourth-order valence-electron chi connectivity index (χ4n) is 3.09. The highest BCUT2D eigenvalue weighted by atomic mass is 15.4. The Morgan fingerprint density at radius 2 is 2.15 bits per heavy atom. The van der Waals surface area contributed by atoms with E-state index in [1.54, 1.807) is 12.4 Å². The first-order chi connectivity index (χ1) is 13.3. The predicted molar refractivity (Wildman–Crippen MR) is 106 cm³/mol. The van der Waals surface area contributed by atoms with Crippen molar-refractivity contribution in [2.24, 2.45) is 10.9 Å². The van der Waals surface area contributed by atoms with E-state index in [1.165, 1.54) is 5.57 Å². The first-order valence-corrected chi connectivity index (χ1v) is 8.94. The number of hydrogen-bond acceptors (Lipinski definition) is 5. The summed E-state index contributed by atoms with van der Waals surface area (Å²) in [5, 5.41) is 13.4. The van der Waals surface area contributed by atoms with Gasteiger partial charge >= 0.3 is 0 Å². The molecule has 4 heterocycles. The highest BCUT2D eigenvalue weighted by Crippen LogP contribution is 2.19. The molecule has 6 heteroatoms. The van der Waals surface area contributed by atoms with Crippen LogP contribution in [0.5, 0.6) is 0 Å². The zero-order valence-corrected chi connectivity index (χ0v) is 15.1. The van der Waals surface area contributed by atoms with Crippen molar-refractivity contribution < 1.29 is 0 Å². The van der Waals surface area contributed by atoms with E-state index in [-0.39, 0.29) is 0 Å². The normalized spacial score (nSPS) is 22.7. The molecule has 1 aliphatic heterocycles. The Morgan fingerprint density at radius 3 is 3.04 bits per heavy atom. The van der Waals surface area contributed by atoms with Gasteiger partial charge in [0.1, 0.15) is 0 Å². The molecule has 0 spiro atoms. The molecule has 1 aliphatic rings. The van der Waals surface area contributed by atoms with Gasteiger partial charge in [-0.2, -0.15) is 9.61 Å². The molecule has 0 aliphatic carbocycles. The van der Waals surface area contributed by atoms with Crippen molar-refractivity contribution in [3.8, 4) is 11.3 Å². The number of allylic oxidation sites excluding steroid dienone is 5. The second kappa shape index (κ2) is 7.86. The number of rotatable bonds is 3. The SMILES string of the molecule is CC1=C\C(Cc2nnc3ccc(-c4cccnc4)nn23)C/C=C/N=C/C=C\1. The molecule has 3 aromatic heterocycles. The summed E-state index contributed by atoms with van der Waals surface area (Å²) < 4.78 is 1.84. The van der Waals surface area contributed by atoms with Crippen LogP contribution in [0.15, 0.2) is 77.7 Å². The summed E-state index contributed by atoms with van der Waals surface area (Å²) in [6.45, 7) is 2.10. The van der Waals surface area contributed by atoms with Crippen molar-refractivity contribution in [2.45, 2.75) is 19.8 Å². The maximum Gasteiger partial charge on any atom is 0.177 e. The van der Waals surface area contributed by atoms with Crippen LogP contribution in [0.4, 0.5) is 0 Å². The fraction of sp³-hybridized carbons (Fsp3) is 0.190. The predicted octanol–water partition coefficient (Wildman–Crippen LogP) is 3.84. The summed E-state index contributed by atoms with van der Waals surface area (Å²) >= 11 is 0. The topological polar surface area (TPSA) is 68.3 Å². The minimum absolute atomic E-state index is 0.301. The van der Waals surface area contributed by atoms with E-state index >= 15 is 0 Å². The first-order valence-electron chi connectivity index (χ1n) is 8.94. The van der Waals surface area contributed by atoms with Gasteiger partial charge in [-0.3, -0.25) is 9.98 Å². The summed E-state index contributed by atoms with van der Waals surface area (Å²) in [4.78, 5) is 8.40. The molecule has 1 atom stereocenters. The van der Waals surface area contributed by atoms with E-state index in [9.17, 15) is 0 Å². The number of aliphatic imine (C=N–C) groups is 1. The van der Waals surface area contributed by atoms with Crippen LogP contribution in [0, 0.1) is 5.92 Å². The van der Waals surface area contributed by atoms with Gasteiger partial charge in [-0.15, -0.1) is 10.2 Å². The molecule has 3 aromatic rings. The molecular formula is C21H20N6. The Bertz CT molecular complexity index is 1040. The van der Waals surface area contributed by atoms with E-state index in [1.807, 2.05) is 47.3 Å². The third-order valence-corrected chi connectivity index (χ3v) is 4.39. The first kappa shape index (κ1) is 17.0. The maximum absolute atomic E-state index is 4.74. The average molecular weight is 356 g/mol. The number of hydrogen-bond donors (Lipinski definition) is 0. The Morgan fingerprint density at radius 1 is 1.19 bits per heavy atom. The van der Waals surface area contributed by atoms with E-state index in [4.69, 9.17) is 5.10 Å². The van der Waals surface area contributed by atoms with Gasteiger partial charge in [-0.25, -0.2) is 0 Å². The van der Waals surface area contributed by atoms with Crippen LogP contribution in [0.3, 0.4) is 0 Å². The van der Waals surface area contributed by atoms with E-state index in [0.717, 1.165) is 35.6 Å². The van der Waals surface area contributed by atoms with Crippen molar-refractivity contribution in [2.75, 3.05) is 0 Å². The second-order valence-corrected chi connectivity index (χ2v) is 6.50. The number of fused-ring (bicyclic) bond motifs is 1. The Kier molecular flexibility index (Phi) is 4.96. The number of pyridine rings is 1. The lowest BCUT2D eigenvalue weighted by molar-refractivity contribution is 0.614. The molecule has 0 radical (unpaired) electrons. The van der Waals surface area contributed by atoms with Crippen LogP contribution >= 0.6 is 0 Å². The van der Waals surface area contributed by atoms with E-state index in [2.05, 4.69) is 45.3 Å². The number of nitrogens with zero attached hydrogens (tertiary/aromatic N) is 6. The highest BCUT2D eigenvalue weighted by molar-refractivity contribution is 5.72. The third-order valence-electron chi connectivity index (χ3n) is 4.39. The Hall–Kier alpha value is -3.41. The molecule has 0 saturated heterocycles. The van der Waals surface area contributed by atoms with Crippen molar-refractivity contribution in [1.82, 2.24) is 24.8 Å². The zero-order chi connectivity index (χ0) is 18.5. The van der Waals surface area contributed by atoms with Crippen molar-refractivity contribution in [3.05, 3.63) is 78.6 Å². The van der Waals surface area contributed by atoms with Crippen molar-refractivity contribution in [1.29, 1.82) is 0 Å². The van der Waals surface area contributed by atoms with Gasteiger partial charge in [-0.05, 0) is 49.6 Å². The van der Waals surface area contributed by atoms with Gasteiger partial charge < -0.3 is 0 Å². The summed E-state index contributed by atoms with van der Waals surface area (Å²) in [6.07, 6.45) is 17.2. The molecule has 0 aromatic carbocycles. The summed E-state index contributed by atoms with van der Waals surface area (Å²) in [6, 6.07) is 7.79. The largest absolute Gasteiger partial charge is 0.265 e. The standard InChI is InChI=1S/C21H20N6/c1-16-5-2-10-22-11-3-6-17(13-16)14-21-25-24-20-9-8-19(26-27(20)21)18-7-4-12-23-15-18/h2-5,7-13,15,17H,6,14H2,1H3/b5-2-,11-3+,16-13+,22-10+. The summed E-state index contributed by atoms with van der Waals surface area (Å²) in [5.74, 6) is 1.15. The van der Waals surface area contributed by atoms with Crippen LogP contribution in [-0.2, 0) is 6.42 Å². The molecule has 4 rings (SSSR count). The minimum Gasteiger partial charge on any atom is -0.265 e. The molecule has 134 valence electrons. The lowest BCUT2D eigenvalue weighted by atomic mass is 9.97. The molecule has 6 nitrogen and oxygen atoms in total. The van der Waals surface area contributed by atoms with Crippen LogP contribution in [0.2, 0.25) is 0 Å². The van der Waals surface area contributed by atoms with Gasteiger partial charge in [0.05, 0.1) is 5.69 Å². The molecule has 0 amide bonds. The summed E-state index contributed by atoms with van der Waals surface area (Å²) in [5.41, 5.74) is 3.78. The molecular weight excluding hydrogens is 336 g/mol. The lowest BCUT2D eigenvalue weighted by Crippen LogP contribution is -2.07. The van der Waals surface area contributed by atoms with Crippen molar-refractivity contribution >= 4 is 11.9 Å². The van der Waals surface area contributed by atoms with E-state index in [0.29, 0.717) is 5.92 Å². The van der Waals surface area contributed by atoms with Crippen LogP contribution in [-0.4, -0.2) is 31.0 Å². The van der Waals surface area contributed by atoms with Gasteiger partial charge in [-0.1, -0.05) is 23.8 Å². The third kappa shape index (κ3) is 4.06. The quantitative estimate of drug-likeness (QED) is 0.715. The van der Waals surface area contributed by atoms with Gasteiger partial charge in [0.2, 0.25) is 0 Å². The molecule has 0 N–H and O–H groups in total. The molecule has 0 fully saturated rings. The van der Waals surface area contributed by atoms with Gasteiger partial charge in [0.25, 0.3) is 0 Å². The summed E-state index contributed by atoms with van der Waals surface area (Å²) in [7, 11) is 0. The smallest absolute Gasteiger partial charge is 0.177 e. The Labute approximate surface area is 157 Å². The molecule has 27 heavy (non-hydrogen) atoms. The average Bonchev–Trinajstić information content (AvgIpc) is 3.10. The second-order valence-electron chi connectivity index (χ2n) is 6.50. The van der Waals surface area contributed by atoms with Gasteiger partial charge in [0, 0.05) is 36.8 Å². The van der Waals surface area contributed by atoms with Crippen LogP contribution in [0.25, 0.3) is 16.9 Å². The van der Waals surface area contributed by atoms with E-state index < -0.39 is 0 Å². The van der Waals surface area contributed by atoms with Crippen LogP contribution < -0.4 is 0 Å². The fourth-order valence-corrected chi connectivity index (χ4v) is 3.09. The monoisotopic (exact) mass is 356 g/mol. The maximum atomic E-state index is 4.74. The number of aromatic nitrogens is 5. The van der Waals surface area contributed by atoms with Crippen molar-refractivity contribution in [3.63, 3.8) is 0 Å². The minimum atomic E-state index is 0.301.